The van der Waals surface area contributed by atoms with Crippen molar-refractivity contribution in [2.45, 2.75) is 0 Å². The third-order valence-electron chi connectivity index (χ3n) is 1.63. The van der Waals surface area contributed by atoms with E-state index in [2.05, 4.69) is 10.2 Å². The molecule has 0 atom stereocenters. The summed E-state index contributed by atoms with van der Waals surface area (Å²) in [5.41, 5.74) is 0.187. The zero-order chi connectivity index (χ0) is 11.0. The first-order chi connectivity index (χ1) is 7.08. The van der Waals surface area contributed by atoms with Gasteiger partial charge in [0.05, 0.1) is 0 Å². The molecule has 0 radical (unpaired) electrons. The Bertz CT molecular complexity index is 491. The molecule has 0 fully saturated rings. The van der Waals surface area contributed by atoms with Gasteiger partial charge in [0.1, 0.15) is 5.01 Å². The van der Waals surface area contributed by atoms with Gasteiger partial charge in [-0.05, 0) is 34.7 Å². The summed E-state index contributed by atoms with van der Waals surface area (Å²) in [5, 5.41) is 7.75. The van der Waals surface area contributed by atoms with Gasteiger partial charge in [-0.3, -0.25) is 0 Å². The average molecular weight is 342 g/mol. The number of hydrogen-bond donors (Lipinski definition) is 0. The van der Waals surface area contributed by atoms with Gasteiger partial charge in [0.15, 0.2) is 20.5 Å². The molecule has 78 valence electrons. The Morgan fingerprint density at radius 2 is 1.67 bits per heavy atom. The fourth-order valence-corrected chi connectivity index (χ4v) is 2.29. The van der Waals surface area contributed by atoms with Crippen molar-refractivity contribution in [3.8, 4) is 10.6 Å². The van der Waals surface area contributed by atoms with E-state index in [1.54, 1.807) is 0 Å². The second-order valence-corrected chi connectivity index (χ2v) is 5.35. The van der Waals surface area contributed by atoms with Crippen molar-refractivity contribution < 1.29 is 13.2 Å². The highest BCUT2D eigenvalue weighted by molar-refractivity contribution is 14.1. The maximum absolute atomic E-state index is 12.9. The maximum atomic E-state index is 12.9. The van der Waals surface area contributed by atoms with Crippen LogP contribution in [0.15, 0.2) is 12.1 Å². The lowest BCUT2D eigenvalue weighted by Gasteiger charge is -1.98. The van der Waals surface area contributed by atoms with Crippen molar-refractivity contribution in [1.82, 2.24) is 10.2 Å². The van der Waals surface area contributed by atoms with E-state index in [0.717, 1.165) is 12.1 Å². The predicted octanol–water partition coefficient (Wildman–Crippen LogP) is 3.23. The summed E-state index contributed by atoms with van der Waals surface area (Å²) >= 11 is 3.11. The fourth-order valence-electron chi connectivity index (χ4n) is 1.00. The standard InChI is InChI=1S/C8H2F3IN2S/c9-4-1-3(2-5(10)6(4)11)7-13-14-8(12)15-7/h1-2H. The van der Waals surface area contributed by atoms with Crippen molar-refractivity contribution in [2.75, 3.05) is 0 Å². The quantitative estimate of drug-likeness (QED) is 0.588. The largest absolute Gasteiger partial charge is 0.204 e. The van der Waals surface area contributed by atoms with Crippen molar-refractivity contribution in [2.24, 2.45) is 0 Å². The number of halogens is 4. The minimum absolute atomic E-state index is 0.187. The molecule has 1 aromatic heterocycles. The molecule has 0 bridgehead atoms. The lowest BCUT2D eigenvalue weighted by molar-refractivity contribution is 0.447. The molecule has 0 N–H and O–H groups in total. The van der Waals surface area contributed by atoms with Gasteiger partial charge < -0.3 is 0 Å². The first-order valence-electron chi connectivity index (χ1n) is 3.72. The van der Waals surface area contributed by atoms with Crippen LogP contribution in [0.25, 0.3) is 10.6 Å². The summed E-state index contributed by atoms with van der Waals surface area (Å²) in [4.78, 5) is 0. The SMILES string of the molecule is Fc1cc(-c2nnc(I)s2)cc(F)c1F. The molecule has 7 heteroatoms. The van der Waals surface area contributed by atoms with E-state index >= 15 is 0 Å². The van der Waals surface area contributed by atoms with Crippen molar-refractivity contribution in [3.63, 3.8) is 0 Å². The first-order valence-corrected chi connectivity index (χ1v) is 5.61. The van der Waals surface area contributed by atoms with E-state index in [4.69, 9.17) is 0 Å². The topological polar surface area (TPSA) is 25.8 Å². The van der Waals surface area contributed by atoms with Crippen LogP contribution in [-0.4, -0.2) is 10.2 Å². The van der Waals surface area contributed by atoms with Crippen LogP contribution >= 0.6 is 33.9 Å². The molecule has 0 saturated carbocycles. The Hall–Kier alpha value is -0.700. The van der Waals surface area contributed by atoms with Crippen LogP contribution in [0.3, 0.4) is 0 Å². The molecule has 0 saturated heterocycles. The number of aromatic nitrogens is 2. The molecule has 0 spiro atoms. The van der Waals surface area contributed by atoms with Crippen LogP contribution < -0.4 is 0 Å². The molecule has 2 aromatic rings. The Morgan fingerprint density at radius 3 is 2.13 bits per heavy atom. The number of rotatable bonds is 1. The molecule has 0 unspecified atom stereocenters. The number of nitrogens with zero attached hydrogens (tertiary/aromatic N) is 2. The maximum Gasteiger partial charge on any atom is 0.194 e. The summed E-state index contributed by atoms with van der Waals surface area (Å²) in [6.45, 7) is 0. The summed E-state index contributed by atoms with van der Waals surface area (Å²) in [5.74, 6) is -3.93. The minimum atomic E-state index is -1.47. The van der Waals surface area contributed by atoms with Crippen LogP contribution in [0.5, 0.6) is 0 Å². The monoisotopic (exact) mass is 342 g/mol. The highest BCUT2D eigenvalue weighted by Gasteiger charge is 2.13. The molecule has 1 aromatic carbocycles. The zero-order valence-electron chi connectivity index (χ0n) is 6.97. The highest BCUT2D eigenvalue weighted by atomic mass is 127. The van der Waals surface area contributed by atoms with Crippen LogP contribution in [0, 0.1) is 20.5 Å². The van der Waals surface area contributed by atoms with E-state index in [0.29, 0.717) is 8.02 Å². The Labute approximate surface area is 100 Å². The second kappa shape index (κ2) is 4.05. The van der Waals surface area contributed by atoms with Gasteiger partial charge in [-0.1, -0.05) is 11.3 Å². The van der Waals surface area contributed by atoms with Crippen LogP contribution in [-0.2, 0) is 0 Å². The summed E-state index contributed by atoms with van der Waals surface area (Å²) in [6.07, 6.45) is 0. The molecule has 1 heterocycles. The van der Waals surface area contributed by atoms with Gasteiger partial charge in [0.2, 0.25) is 0 Å². The second-order valence-electron chi connectivity index (χ2n) is 2.61. The summed E-state index contributed by atoms with van der Waals surface area (Å²) < 4.78 is 39.0. The van der Waals surface area contributed by atoms with Crippen molar-refractivity contribution in [1.29, 1.82) is 0 Å². The van der Waals surface area contributed by atoms with E-state index in [9.17, 15) is 13.2 Å². The zero-order valence-corrected chi connectivity index (χ0v) is 9.94. The fraction of sp³-hybridized carbons (Fsp3) is 0. The Morgan fingerprint density at radius 1 is 1.07 bits per heavy atom. The van der Waals surface area contributed by atoms with E-state index in [-0.39, 0.29) is 5.56 Å². The first kappa shape index (κ1) is 10.8. The molecular weight excluding hydrogens is 340 g/mol. The average Bonchev–Trinajstić information content (AvgIpc) is 2.60. The van der Waals surface area contributed by atoms with Crippen LogP contribution in [0.4, 0.5) is 13.2 Å². The normalized spacial score (nSPS) is 10.7. The van der Waals surface area contributed by atoms with Crippen molar-refractivity contribution in [3.05, 3.63) is 32.6 Å². The molecule has 15 heavy (non-hydrogen) atoms. The summed E-state index contributed by atoms with van der Waals surface area (Å²) in [7, 11) is 0. The highest BCUT2D eigenvalue weighted by Crippen LogP contribution is 2.26. The van der Waals surface area contributed by atoms with E-state index in [1.165, 1.54) is 11.3 Å². The lowest BCUT2D eigenvalue weighted by Crippen LogP contribution is -1.91. The van der Waals surface area contributed by atoms with Gasteiger partial charge in [0, 0.05) is 5.56 Å². The predicted molar refractivity (Wildman–Crippen MR) is 57.9 cm³/mol. The lowest BCUT2D eigenvalue weighted by atomic mass is 10.2. The smallest absolute Gasteiger partial charge is 0.194 e. The van der Waals surface area contributed by atoms with Gasteiger partial charge >= 0.3 is 0 Å². The molecule has 2 nitrogen and oxygen atoms in total. The Balaban J connectivity index is 2.55. The third-order valence-corrected chi connectivity index (χ3v) is 3.27. The van der Waals surface area contributed by atoms with E-state index in [1.807, 2.05) is 22.6 Å². The molecule has 0 aliphatic heterocycles. The van der Waals surface area contributed by atoms with Gasteiger partial charge in [-0.25, -0.2) is 13.2 Å². The van der Waals surface area contributed by atoms with Gasteiger partial charge in [-0.15, -0.1) is 10.2 Å². The molecular formula is C8H2F3IN2S. The number of benzene rings is 1. The van der Waals surface area contributed by atoms with Crippen LogP contribution in [0.1, 0.15) is 0 Å². The Kier molecular flexibility index (Phi) is 2.91. The van der Waals surface area contributed by atoms with Gasteiger partial charge in [0.25, 0.3) is 0 Å². The van der Waals surface area contributed by atoms with Crippen LogP contribution in [0.2, 0.25) is 0 Å². The van der Waals surface area contributed by atoms with Gasteiger partial charge in [-0.2, -0.15) is 0 Å². The number of hydrogen-bond acceptors (Lipinski definition) is 3. The molecule has 2 rings (SSSR count). The molecule has 0 aliphatic carbocycles. The summed E-state index contributed by atoms with van der Waals surface area (Å²) in [6, 6.07) is 1.80. The minimum Gasteiger partial charge on any atom is -0.204 e. The molecule has 0 amide bonds. The van der Waals surface area contributed by atoms with Crippen molar-refractivity contribution >= 4 is 33.9 Å². The third kappa shape index (κ3) is 2.12. The van der Waals surface area contributed by atoms with E-state index < -0.39 is 17.5 Å². The molecule has 0 aliphatic rings.